The van der Waals surface area contributed by atoms with Crippen LogP contribution in [0.4, 0.5) is 5.69 Å². The third-order valence-corrected chi connectivity index (χ3v) is 5.97. The molecular weight excluding hydrogens is 438 g/mol. The number of benzene rings is 1. The molecule has 0 radical (unpaired) electrons. The van der Waals surface area contributed by atoms with Crippen LogP contribution in [0, 0.1) is 0 Å². The monoisotopic (exact) mass is 459 g/mol. The van der Waals surface area contributed by atoms with Crippen molar-refractivity contribution in [3.8, 4) is 33.8 Å². The van der Waals surface area contributed by atoms with Crippen molar-refractivity contribution in [2.24, 2.45) is 0 Å². The Morgan fingerprint density at radius 1 is 0.943 bits per heavy atom. The van der Waals surface area contributed by atoms with E-state index in [9.17, 15) is 4.79 Å². The summed E-state index contributed by atoms with van der Waals surface area (Å²) in [5.74, 6) is -0.0472. The number of anilines is 1. The highest BCUT2D eigenvalue weighted by atomic mass is 16.1. The van der Waals surface area contributed by atoms with E-state index in [-0.39, 0.29) is 5.91 Å². The minimum Gasteiger partial charge on any atom is -0.338 e. The van der Waals surface area contributed by atoms with E-state index < -0.39 is 0 Å². The van der Waals surface area contributed by atoms with E-state index in [1.807, 2.05) is 49.4 Å². The number of amides is 1. The number of rotatable bonds is 5. The number of aromatic amines is 2. The molecule has 5 heterocycles. The molecule has 0 saturated carbocycles. The average molecular weight is 460 g/mol. The van der Waals surface area contributed by atoms with Gasteiger partial charge in [-0.3, -0.25) is 19.9 Å². The minimum absolute atomic E-state index is 0.0472. The number of H-pyrrole nitrogens is 2. The number of nitrogens with zero attached hydrogens (tertiary/aromatic N) is 4. The Labute approximate surface area is 200 Å². The van der Waals surface area contributed by atoms with Crippen LogP contribution in [0.2, 0.25) is 0 Å². The fraction of sp³-hybridized carbons (Fsp3) is 0.0741. The third kappa shape index (κ3) is 3.80. The lowest BCUT2D eigenvalue weighted by atomic mass is 10.0. The number of hydrogen-bond acceptors (Lipinski definition) is 5. The molecule has 5 aromatic heterocycles. The van der Waals surface area contributed by atoms with Gasteiger partial charge < -0.3 is 10.3 Å². The van der Waals surface area contributed by atoms with Gasteiger partial charge in [-0.1, -0.05) is 19.1 Å². The smallest absolute Gasteiger partial charge is 0.224 e. The van der Waals surface area contributed by atoms with Crippen LogP contribution in [0.5, 0.6) is 0 Å². The summed E-state index contributed by atoms with van der Waals surface area (Å²) in [4.78, 5) is 28.5. The molecule has 0 bridgehead atoms. The first-order valence-electron chi connectivity index (χ1n) is 11.3. The molecule has 8 nitrogen and oxygen atoms in total. The van der Waals surface area contributed by atoms with E-state index >= 15 is 0 Å². The van der Waals surface area contributed by atoms with Gasteiger partial charge in [0.2, 0.25) is 5.91 Å². The van der Waals surface area contributed by atoms with Crippen LogP contribution in [-0.4, -0.2) is 36.0 Å². The first-order chi connectivity index (χ1) is 17.2. The summed E-state index contributed by atoms with van der Waals surface area (Å²) in [6.45, 7) is 1.82. The van der Waals surface area contributed by atoms with Crippen molar-refractivity contribution in [3.05, 3.63) is 79.4 Å². The SMILES string of the molecule is CCC(=O)Nc1cncc(-c2ccc3[nH]nc(-c4cc5c(-c6ccccn6)ccnc5[nH]4)c3c2)c1. The van der Waals surface area contributed by atoms with E-state index in [2.05, 4.69) is 47.6 Å². The Morgan fingerprint density at radius 3 is 2.74 bits per heavy atom. The van der Waals surface area contributed by atoms with Gasteiger partial charge in [-0.05, 0) is 48.0 Å². The zero-order valence-electron chi connectivity index (χ0n) is 18.9. The number of hydrogen-bond donors (Lipinski definition) is 3. The Balaban J connectivity index is 1.43. The van der Waals surface area contributed by atoms with Crippen LogP contribution in [0.15, 0.2) is 79.4 Å². The highest BCUT2D eigenvalue weighted by Crippen LogP contribution is 2.34. The molecule has 6 aromatic rings. The van der Waals surface area contributed by atoms with Gasteiger partial charge in [-0.15, -0.1) is 0 Å². The molecule has 8 heteroatoms. The second-order valence-electron chi connectivity index (χ2n) is 8.22. The molecule has 0 aliphatic carbocycles. The standard InChI is InChI=1S/C27H21N7O/c1-2-25(35)31-18-11-17(14-28-15-18)16-6-7-23-21(12-16)26(34-33-23)24-13-20-19(8-10-30-27(20)32-24)22-5-3-4-9-29-22/h3-15H,2H2,1H3,(H,30,32)(H,31,35)(H,33,34). The Morgan fingerprint density at radius 2 is 1.89 bits per heavy atom. The van der Waals surface area contributed by atoms with Crippen LogP contribution in [0.25, 0.3) is 55.7 Å². The number of nitrogens with one attached hydrogen (secondary N) is 3. The van der Waals surface area contributed by atoms with Gasteiger partial charge in [-0.25, -0.2) is 4.98 Å². The van der Waals surface area contributed by atoms with Crippen molar-refractivity contribution < 1.29 is 4.79 Å². The molecule has 0 saturated heterocycles. The molecule has 0 aliphatic rings. The van der Waals surface area contributed by atoms with Crippen molar-refractivity contribution in [2.45, 2.75) is 13.3 Å². The van der Waals surface area contributed by atoms with Crippen LogP contribution in [0.1, 0.15) is 13.3 Å². The summed E-state index contributed by atoms with van der Waals surface area (Å²) in [6, 6.07) is 17.9. The summed E-state index contributed by atoms with van der Waals surface area (Å²) in [6.07, 6.45) is 7.42. The summed E-state index contributed by atoms with van der Waals surface area (Å²) >= 11 is 0. The number of aromatic nitrogens is 6. The van der Waals surface area contributed by atoms with Crippen LogP contribution in [-0.2, 0) is 4.79 Å². The topological polar surface area (TPSA) is 112 Å². The van der Waals surface area contributed by atoms with E-state index in [1.165, 1.54) is 0 Å². The minimum atomic E-state index is -0.0472. The molecule has 0 unspecified atom stereocenters. The number of carbonyl (C=O) groups is 1. The van der Waals surface area contributed by atoms with Crippen LogP contribution < -0.4 is 5.32 Å². The first kappa shape index (κ1) is 20.7. The van der Waals surface area contributed by atoms with Gasteiger partial charge in [0.25, 0.3) is 0 Å². The fourth-order valence-corrected chi connectivity index (χ4v) is 4.21. The average Bonchev–Trinajstić information content (AvgIpc) is 3.53. The quantitative estimate of drug-likeness (QED) is 0.312. The molecule has 0 aliphatic heterocycles. The van der Waals surface area contributed by atoms with E-state index in [0.717, 1.165) is 55.7 Å². The zero-order valence-corrected chi connectivity index (χ0v) is 18.9. The van der Waals surface area contributed by atoms with Crippen molar-refractivity contribution >= 4 is 33.5 Å². The van der Waals surface area contributed by atoms with Gasteiger partial charge in [0, 0.05) is 46.9 Å². The normalized spacial score (nSPS) is 11.2. The van der Waals surface area contributed by atoms with E-state index in [4.69, 9.17) is 0 Å². The second kappa shape index (κ2) is 8.49. The maximum absolute atomic E-state index is 11.8. The highest BCUT2D eigenvalue weighted by Gasteiger charge is 2.15. The molecule has 35 heavy (non-hydrogen) atoms. The lowest BCUT2D eigenvalue weighted by molar-refractivity contribution is -0.115. The molecule has 1 aromatic carbocycles. The fourth-order valence-electron chi connectivity index (χ4n) is 4.21. The first-order valence-corrected chi connectivity index (χ1v) is 11.3. The molecule has 3 N–H and O–H groups in total. The molecule has 0 atom stereocenters. The number of carbonyl (C=O) groups excluding carboxylic acids is 1. The molecule has 0 fully saturated rings. The summed E-state index contributed by atoms with van der Waals surface area (Å²) in [7, 11) is 0. The molecule has 170 valence electrons. The lowest BCUT2D eigenvalue weighted by Crippen LogP contribution is -2.09. The Kier molecular flexibility index (Phi) is 5.03. The van der Waals surface area contributed by atoms with Crippen molar-refractivity contribution in [1.82, 2.24) is 30.1 Å². The number of fused-ring (bicyclic) bond motifs is 2. The Bertz CT molecular complexity index is 1680. The van der Waals surface area contributed by atoms with E-state index in [0.29, 0.717) is 12.1 Å². The lowest BCUT2D eigenvalue weighted by Gasteiger charge is -2.06. The number of pyridine rings is 3. The van der Waals surface area contributed by atoms with Crippen LogP contribution in [0.3, 0.4) is 0 Å². The van der Waals surface area contributed by atoms with E-state index in [1.54, 1.807) is 24.8 Å². The predicted molar refractivity (Wildman–Crippen MR) is 137 cm³/mol. The van der Waals surface area contributed by atoms with Gasteiger partial charge in [-0.2, -0.15) is 5.10 Å². The van der Waals surface area contributed by atoms with Crippen molar-refractivity contribution in [3.63, 3.8) is 0 Å². The molecule has 1 amide bonds. The van der Waals surface area contributed by atoms with Crippen molar-refractivity contribution in [1.29, 1.82) is 0 Å². The summed E-state index contributed by atoms with van der Waals surface area (Å²) in [5, 5.41) is 12.5. The van der Waals surface area contributed by atoms with Crippen molar-refractivity contribution in [2.75, 3.05) is 5.32 Å². The summed E-state index contributed by atoms with van der Waals surface area (Å²) in [5.41, 5.74) is 7.81. The van der Waals surface area contributed by atoms with Gasteiger partial charge in [0.1, 0.15) is 11.3 Å². The third-order valence-electron chi connectivity index (χ3n) is 5.97. The van der Waals surface area contributed by atoms with Gasteiger partial charge >= 0.3 is 0 Å². The second-order valence-corrected chi connectivity index (χ2v) is 8.22. The molecule has 0 spiro atoms. The maximum atomic E-state index is 11.8. The largest absolute Gasteiger partial charge is 0.338 e. The van der Waals surface area contributed by atoms with Gasteiger partial charge in [0.15, 0.2) is 0 Å². The van der Waals surface area contributed by atoms with Crippen LogP contribution >= 0.6 is 0 Å². The molecule has 6 rings (SSSR count). The maximum Gasteiger partial charge on any atom is 0.224 e. The summed E-state index contributed by atoms with van der Waals surface area (Å²) < 4.78 is 0. The predicted octanol–water partition coefficient (Wildman–Crippen LogP) is 5.58. The Hall–Kier alpha value is -4.85. The zero-order chi connectivity index (χ0) is 23.8. The highest BCUT2D eigenvalue weighted by molar-refractivity contribution is 6.00. The molecular formula is C27H21N7O. The van der Waals surface area contributed by atoms with Gasteiger partial charge in [0.05, 0.1) is 28.8 Å².